The topological polar surface area (TPSA) is 466 Å². The van der Waals surface area contributed by atoms with Crippen LogP contribution in [-0.2, 0) is 23.8 Å². The van der Waals surface area contributed by atoms with Gasteiger partial charge in [-0.25, -0.2) is 25.0 Å². The molecule has 0 atom stereocenters. The second kappa shape index (κ2) is 47.6. The maximum atomic E-state index is 11.3. The molecule has 5 aliphatic carbocycles. The molecule has 5 aromatic carbocycles. The first-order valence-corrected chi connectivity index (χ1v) is 39.6. The zero-order chi connectivity index (χ0) is 86.7. The number of carbonyl (C=O) groups is 2. The number of aliphatic hydroxyl groups excluding tert-OH is 3. The van der Waals surface area contributed by atoms with Crippen LogP contribution in [0.3, 0.4) is 0 Å². The van der Waals surface area contributed by atoms with Crippen molar-refractivity contribution in [1.82, 2.24) is 0 Å². The van der Waals surface area contributed by atoms with Crippen molar-refractivity contribution < 1.29 is 48.6 Å². The normalized spacial score (nSPS) is 16.0. The van der Waals surface area contributed by atoms with E-state index >= 15 is 0 Å². The minimum atomic E-state index is -0.243. The Bertz CT molecular complexity index is 4920. The fraction of sp³-hybridized carbons (Fsp3) is 0.318. The van der Waals surface area contributed by atoms with Crippen LogP contribution < -0.4 is 64.3 Å². The second-order valence-corrected chi connectivity index (χ2v) is 27.7. The number of carbonyl (C=O) groups excluding carboxylic acids is 2. The third-order valence-corrected chi connectivity index (χ3v) is 18.1. The number of rotatable bonds is 30. The zero-order valence-corrected chi connectivity index (χ0v) is 70.5. The summed E-state index contributed by atoms with van der Waals surface area (Å²) >= 11 is 11.8. The molecule has 0 fully saturated rings. The number of nitrogens with two attached hydrogens (primary N) is 7. The largest absolute Gasteiger partial charge is 0.492 e. The highest BCUT2D eigenvalue weighted by atomic mass is 35.5. The Morgan fingerprint density at radius 1 is 0.424 bits per heavy atom. The molecule has 0 saturated carbocycles. The van der Waals surface area contributed by atoms with Gasteiger partial charge in [0.25, 0.3) is 0 Å². The number of nitrogen functional groups attached to an aromatic ring is 4. The number of allylic oxidation sites excluding steroid dienone is 14. The lowest BCUT2D eigenvalue weighted by atomic mass is 10.1. The molecular formula is C88H112Cl2N18O10. The van der Waals surface area contributed by atoms with Crippen molar-refractivity contribution in [2.75, 3.05) is 123 Å². The van der Waals surface area contributed by atoms with Crippen LogP contribution in [0.2, 0.25) is 0 Å². The monoisotopic (exact) mass is 1650 g/mol. The molecule has 0 heterocycles. The molecule has 20 N–H and O–H groups in total. The second-order valence-electron chi connectivity index (χ2n) is 26.9. The molecule has 0 amide bonds. The number of halogens is 2. The quantitative estimate of drug-likeness (QED) is 0.0115. The fourth-order valence-corrected chi connectivity index (χ4v) is 11.9. The Kier molecular flexibility index (Phi) is 38.1. The van der Waals surface area contributed by atoms with E-state index < -0.39 is 0 Å². The highest BCUT2D eigenvalue weighted by molar-refractivity contribution is 6.52. The van der Waals surface area contributed by atoms with Crippen LogP contribution in [0.5, 0.6) is 11.5 Å². The maximum absolute atomic E-state index is 11.3. The first kappa shape index (κ1) is 94.5. The number of aliphatic imine (C=N–C) groups is 5. The van der Waals surface area contributed by atoms with Gasteiger partial charge in [0, 0.05) is 92.3 Å². The van der Waals surface area contributed by atoms with Crippen LogP contribution in [0, 0.1) is 30.1 Å². The summed E-state index contributed by atoms with van der Waals surface area (Å²) in [6, 6.07) is 26.7. The van der Waals surface area contributed by atoms with Crippen molar-refractivity contribution in [2.24, 2.45) is 42.2 Å². The lowest BCUT2D eigenvalue weighted by Crippen LogP contribution is -2.30. The average Bonchev–Trinajstić information content (AvgIpc) is 0.850. The number of aliphatic hydroxyl groups is 3. The molecule has 30 heteroatoms. The number of ether oxygens (including phenoxy) is 5. The average molecular weight is 1650 g/mol. The molecule has 0 bridgehead atoms. The predicted octanol–water partition coefficient (Wildman–Crippen LogP) is 14.5. The molecule has 28 nitrogen and oxygen atoms in total. The predicted molar refractivity (Wildman–Crippen MR) is 486 cm³/mol. The highest BCUT2D eigenvalue weighted by Gasteiger charge is 2.22. The molecular weight excluding hydrogens is 1540 g/mol. The number of nitrogens with one attached hydrogen (secondary N) is 3. The number of nitrogens with zero attached hydrogens (tertiary/aromatic N) is 8. The van der Waals surface area contributed by atoms with Crippen LogP contribution >= 0.6 is 23.2 Å². The zero-order valence-electron chi connectivity index (χ0n) is 69.0. The Morgan fingerprint density at radius 2 is 0.847 bits per heavy atom. The van der Waals surface area contributed by atoms with E-state index in [0.29, 0.717) is 167 Å². The minimum Gasteiger partial charge on any atom is -0.492 e. The lowest BCUT2D eigenvalue weighted by molar-refractivity contribution is -0.111. The van der Waals surface area contributed by atoms with Crippen molar-refractivity contribution in [3.8, 4) is 11.5 Å². The number of likely N-dealkylation sites (N-methyl/N-ethyl adjacent to an activating group) is 1. The van der Waals surface area contributed by atoms with Gasteiger partial charge in [-0.05, 0) is 207 Å². The summed E-state index contributed by atoms with van der Waals surface area (Å²) < 4.78 is 27.7. The van der Waals surface area contributed by atoms with E-state index in [0.717, 1.165) is 71.9 Å². The lowest BCUT2D eigenvalue weighted by Gasteiger charge is -2.27. The van der Waals surface area contributed by atoms with Crippen LogP contribution in [0.1, 0.15) is 92.7 Å². The van der Waals surface area contributed by atoms with Crippen LogP contribution in [0.15, 0.2) is 227 Å². The number of ketones is 2. The number of anilines is 7. The molecule has 0 radical (unpaired) electrons. The molecule has 10 rings (SSSR count). The molecule has 0 spiro atoms. The van der Waals surface area contributed by atoms with Gasteiger partial charge in [-0.15, -0.1) is 0 Å². The van der Waals surface area contributed by atoms with Crippen molar-refractivity contribution in [2.45, 2.75) is 101 Å². The van der Waals surface area contributed by atoms with E-state index in [1.165, 1.54) is 30.0 Å². The van der Waals surface area contributed by atoms with Gasteiger partial charge in [0.05, 0.1) is 177 Å². The summed E-state index contributed by atoms with van der Waals surface area (Å²) in [5, 5.41) is 52.2. The summed E-state index contributed by atoms with van der Waals surface area (Å²) in [5.74, 6) is 2.31. The van der Waals surface area contributed by atoms with Crippen LogP contribution in [-0.4, -0.2) is 164 Å². The third kappa shape index (κ3) is 28.2. The molecule has 628 valence electrons. The summed E-state index contributed by atoms with van der Waals surface area (Å²) in [4.78, 5) is 51.3. The van der Waals surface area contributed by atoms with E-state index in [1.807, 2.05) is 102 Å². The molecule has 0 aromatic heterocycles. The number of aryl methyl sites for hydroxylation is 2. The van der Waals surface area contributed by atoms with E-state index in [1.54, 1.807) is 72.9 Å². The SMILES string of the molecule is CCCOC1=CC(=Nc2ccc(N(CCO)CCO)cc2C)C(=N)C=C1N.CCCOc1cc(N=C2C=CC(=O)C(Cl)=C2)c(N)cc1N.CCCOc1cc(N=C2C=CC(=O)C=C2Cl)c(N)cc1N.CCOC1=CC(=Nc2ccc(N(CC)C(C)C)cc2)C(=N)C=C1N.CCOC1=CC(=Nc2ccc(N(CC)CCO)cc2C)C(=N)C=C1N. The highest BCUT2D eigenvalue weighted by Crippen LogP contribution is 2.37. The summed E-state index contributed by atoms with van der Waals surface area (Å²) in [5.41, 5.74) is 56.1. The first-order valence-electron chi connectivity index (χ1n) is 38.9. The van der Waals surface area contributed by atoms with Gasteiger partial charge in [-0.3, -0.25) is 25.8 Å². The van der Waals surface area contributed by atoms with E-state index in [2.05, 4.69) is 74.6 Å². The molecule has 5 aliphatic rings. The maximum Gasteiger partial charge on any atom is 0.197 e. The smallest absolute Gasteiger partial charge is 0.197 e. The van der Waals surface area contributed by atoms with Gasteiger partial charge in [-0.1, -0.05) is 44.0 Å². The Morgan fingerprint density at radius 3 is 1.26 bits per heavy atom. The first-order chi connectivity index (χ1) is 56.5. The molecule has 118 heavy (non-hydrogen) atoms. The van der Waals surface area contributed by atoms with Gasteiger partial charge in [0.1, 0.15) is 28.8 Å². The molecule has 0 saturated heterocycles. The van der Waals surface area contributed by atoms with E-state index in [4.69, 9.17) is 108 Å². The van der Waals surface area contributed by atoms with Gasteiger partial charge >= 0.3 is 0 Å². The van der Waals surface area contributed by atoms with Crippen molar-refractivity contribution >= 4 is 149 Å². The Labute approximate surface area is 701 Å². The third-order valence-electron chi connectivity index (χ3n) is 17.5. The molecule has 5 aromatic rings. The van der Waals surface area contributed by atoms with Crippen molar-refractivity contribution in [3.63, 3.8) is 0 Å². The van der Waals surface area contributed by atoms with Crippen LogP contribution in [0.4, 0.5) is 68.2 Å². The number of hydrogen-bond acceptors (Lipinski definition) is 28. The van der Waals surface area contributed by atoms with Gasteiger partial charge < -0.3 is 93.8 Å². The molecule has 0 aliphatic heterocycles. The van der Waals surface area contributed by atoms with Gasteiger partial charge in [0.2, 0.25) is 0 Å². The van der Waals surface area contributed by atoms with Crippen molar-refractivity contribution in [3.05, 3.63) is 213 Å². The van der Waals surface area contributed by atoms with Gasteiger partial charge in [0.15, 0.2) is 11.6 Å². The summed E-state index contributed by atoms with van der Waals surface area (Å²) in [6.45, 7) is 28.4. The van der Waals surface area contributed by atoms with Crippen molar-refractivity contribution in [1.29, 1.82) is 16.2 Å². The Hall–Kier alpha value is -12.3. The fourth-order valence-electron chi connectivity index (χ4n) is 11.5. The van der Waals surface area contributed by atoms with E-state index in [9.17, 15) is 19.8 Å². The minimum absolute atomic E-state index is 0.0132. The Balaban J connectivity index is 0.000000230. The standard InChI is InChI=1S/C20H28N4O3.C19H26N4O2.C19H26N4O.2C15H16ClN3O2/c1-3-10-27-20-13-19(16(21)12-17(20)22)23-18-5-4-15(11-14(18)2)24(6-8-25)7-9-26;1-4-23(8-9-24)14-6-7-17(13(3)10-14)22-18-12-19(25-5-2)16(21)11-15(18)20;1-5-23(13(3)4)15-9-7-14(8-10-15)22-18-12-19(24-6-2)17(21)11-16(18)20;1-2-5-21-15-8-13(11(17)7-12(15)18)19-9-3-4-14(20)10(16)6-9;1-2-5-21-15-8-14(11(17)7-12(15)18)19-13-4-3-9(20)6-10(13)16/h4-5,11-13,21,25-26H,3,6-10,22H2,1-2H3;6-7,10-12,20,24H,4-5,8-9,21H2,1-3H3;7-13,20H,5-6,21H2,1-4H3;2*3-4,6-8H,2,5,17-18H2,1H3. The number of hydrogen-bond donors (Lipinski definition) is 13. The van der Waals surface area contributed by atoms with Crippen LogP contribution in [0.25, 0.3) is 0 Å². The van der Waals surface area contributed by atoms with E-state index in [-0.39, 0.29) is 58.6 Å². The van der Waals surface area contributed by atoms with Gasteiger partial charge in [-0.2, -0.15) is 0 Å². The summed E-state index contributed by atoms with van der Waals surface area (Å²) in [6.07, 6.45) is 21.1. The number of benzene rings is 5. The molecule has 0 unspecified atom stereocenters. The summed E-state index contributed by atoms with van der Waals surface area (Å²) in [7, 11) is 0.